The smallest absolute Gasteiger partial charge is 0.260 e. The molecule has 2 aromatic carbocycles. The summed E-state index contributed by atoms with van der Waals surface area (Å²) in [6, 6.07) is 14.3. The maximum absolute atomic E-state index is 12.6. The molecule has 0 aliphatic carbocycles. The zero-order valence-electron chi connectivity index (χ0n) is 14.6. The topological polar surface area (TPSA) is 86.5 Å². The quantitative estimate of drug-likeness (QED) is 0.695. The minimum atomic E-state index is -0.350. The van der Waals surface area contributed by atoms with Crippen LogP contribution in [-0.2, 0) is 0 Å². The van der Waals surface area contributed by atoms with Crippen molar-refractivity contribution < 1.29 is 18.9 Å². The van der Waals surface area contributed by atoms with E-state index in [1.165, 1.54) is 0 Å². The van der Waals surface area contributed by atoms with E-state index in [2.05, 4.69) is 15.6 Å². The van der Waals surface area contributed by atoms with Crippen LogP contribution in [0, 0.1) is 0 Å². The number of ether oxygens (including phenoxy) is 2. The molecule has 134 valence electrons. The molecule has 1 heterocycles. The number of carbonyl (C=O) groups excluding carboxylic acids is 1. The van der Waals surface area contributed by atoms with Gasteiger partial charge in [-0.1, -0.05) is 12.1 Å². The van der Waals surface area contributed by atoms with Gasteiger partial charge >= 0.3 is 0 Å². The molecule has 1 amide bonds. The fourth-order valence-electron chi connectivity index (χ4n) is 2.45. The summed E-state index contributed by atoms with van der Waals surface area (Å²) in [6.07, 6.45) is 0. The second-order valence-corrected chi connectivity index (χ2v) is 5.30. The van der Waals surface area contributed by atoms with E-state index >= 15 is 0 Å². The summed E-state index contributed by atoms with van der Waals surface area (Å²) >= 11 is 0. The summed E-state index contributed by atoms with van der Waals surface area (Å²) in [5.41, 5.74) is 1.60. The SMILES string of the molecule is CCOc1ccc(-c2nonc2NC(=O)c2ccccc2OCC)cc1. The van der Waals surface area contributed by atoms with Crippen molar-refractivity contribution in [2.75, 3.05) is 18.5 Å². The van der Waals surface area contributed by atoms with Gasteiger partial charge in [0.1, 0.15) is 11.5 Å². The molecule has 0 radical (unpaired) electrons. The summed E-state index contributed by atoms with van der Waals surface area (Å²) in [5.74, 6) is 1.15. The number of nitrogens with one attached hydrogen (secondary N) is 1. The molecule has 0 fully saturated rings. The van der Waals surface area contributed by atoms with E-state index in [0.717, 1.165) is 11.3 Å². The van der Waals surface area contributed by atoms with Crippen LogP contribution < -0.4 is 14.8 Å². The van der Waals surface area contributed by atoms with Crippen molar-refractivity contribution in [1.29, 1.82) is 0 Å². The van der Waals surface area contributed by atoms with Crippen LogP contribution in [0.15, 0.2) is 53.2 Å². The van der Waals surface area contributed by atoms with Crippen molar-refractivity contribution in [1.82, 2.24) is 10.3 Å². The highest BCUT2D eigenvalue weighted by molar-refractivity contribution is 6.07. The van der Waals surface area contributed by atoms with Crippen LogP contribution in [0.4, 0.5) is 5.82 Å². The van der Waals surface area contributed by atoms with E-state index in [-0.39, 0.29) is 11.7 Å². The monoisotopic (exact) mass is 353 g/mol. The van der Waals surface area contributed by atoms with E-state index < -0.39 is 0 Å². The van der Waals surface area contributed by atoms with Gasteiger partial charge in [-0.3, -0.25) is 4.79 Å². The van der Waals surface area contributed by atoms with E-state index in [9.17, 15) is 4.79 Å². The number of benzene rings is 2. The van der Waals surface area contributed by atoms with Gasteiger partial charge in [0.15, 0.2) is 5.69 Å². The maximum Gasteiger partial charge on any atom is 0.260 e. The van der Waals surface area contributed by atoms with E-state index in [1.807, 2.05) is 44.2 Å². The third kappa shape index (κ3) is 3.83. The Hall–Kier alpha value is -3.35. The summed E-state index contributed by atoms with van der Waals surface area (Å²) in [7, 11) is 0. The summed E-state index contributed by atoms with van der Waals surface area (Å²) in [5, 5.41) is 10.4. The molecule has 26 heavy (non-hydrogen) atoms. The number of hydrogen-bond donors (Lipinski definition) is 1. The lowest BCUT2D eigenvalue weighted by molar-refractivity contribution is 0.102. The molecule has 0 aliphatic heterocycles. The van der Waals surface area contributed by atoms with Gasteiger partial charge in [0.2, 0.25) is 5.82 Å². The molecule has 0 saturated carbocycles. The van der Waals surface area contributed by atoms with E-state index in [4.69, 9.17) is 14.1 Å². The molecule has 7 nitrogen and oxygen atoms in total. The van der Waals surface area contributed by atoms with Gasteiger partial charge in [-0.05, 0) is 60.6 Å². The highest BCUT2D eigenvalue weighted by atomic mass is 16.6. The Bertz CT molecular complexity index is 875. The van der Waals surface area contributed by atoms with Gasteiger partial charge in [-0.15, -0.1) is 0 Å². The van der Waals surface area contributed by atoms with Crippen molar-refractivity contribution >= 4 is 11.7 Å². The van der Waals surface area contributed by atoms with Gasteiger partial charge in [0, 0.05) is 5.56 Å². The first-order valence-electron chi connectivity index (χ1n) is 8.32. The van der Waals surface area contributed by atoms with Crippen molar-refractivity contribution in [2.24, 2.45) is 0 Å². The van der Waals surface area contributed by atoms with Gasteiger partial charge in [0.25, 0.3) is 5.91 Å². The van der Waals surface area contributed by atoms with Gasteiger partial charge in [-0.25, -0.2) is 4.63 Å². The molecular formula is C19H19N3O4. The predicted octanol–water partition coefficient (Wildman–Crippen LogP) is 3.79. The van der Waals surface area contributed by atoms with E-state index in [1.54, 1.807) is 18.2 Å². The number of carbonyl (C=O) groups is 1. The fourth-order valence-corrected chi connectivity index (χ4v) is 2.45. The zero-order chi connectivity index (χ0) is 18.4. The highest BCUT2D eigenvalue weighted by Crippen LogP contribution is 2.27. The third-order valence-corrected chi connectivity index (χ3v) is 3.59. The molecule has 0 bridgehead atoms. The summed E-state index contributed by atoms with van der Waals surface area (Å²) in [4.78, 5) is 12.6. The molecule has 1 aromatic heterocycles. The highest BCUT2D eigenvalue weighted by Gasteiger charge is 2.18. The molecule has 0 spiro atoms. The Morgan fingerprint density at radius 3 is 2.46 bits per heavy atom. The van der Waals surface area contributed by atoms with Gasteiger partial charge in [-0.2, -0.15) is 0 Å². The second kappa shape index (κ2) is 8.15. The Kier molecular flexibility index (Phi) is 5.48. The van der Waals surface area contributed by atoms with E-state index in [0.29, 0.717) is 30.2 Å². The number of rotatable bonds is 7. The van der Waals surface area contributed by atoms with Gasteiger partial charge in [0.05, 0.1) is 18.8 Å². The van der Waals surface area contributed by atoms with Crippen LogP contribution in [-0.4, -0.2) is 29.4 Å². The number of nitrogens with zero attached hydrogens (tertiary/aromatic N) is 2. The molecule has 0 unspecified atom stereocenters. The lowest BCUT2D eigenvalue weighted by atomic mass is 10.1. The second-order valence-electron chi connectivity index (χ2n) is 5.30. The number of anilines is 1. The number of aromatic nitrogens is 2. The predicted molar refractivity (Wildman–Crippen MR) is 96.5 cm³/mol. The van der Waals surface area contributed by atoms with Crippen LogP contribution in [0.2, 0.25) is 0 Å². The summed E-state index contributed by atoms with van der Waals surface area (Å²) in [6.45, 7) is 4.84. The average molecular weight is 353 g/mol. The molecule has 3 aromatic rings. The maximum atomic E-state index is 12.6. The Morgan fingerprint density at radius 1 is 1.00 bits per heavy atom. The molecule has 3 rings (SSSR count). The van der Waals surface area contributed by atoms with Crippen LogP contribution in [0.25, 0.3) is 11.3 Å². The molecule has 0 atom stereocenters. The first kappa shape index (κ1) is 17.5. The van der Waals surface area contributed by atoms with Crippen LogP contribution in [0.5, 0.6) is 11.5 Å². The van der Waals surface area contributed by atoms with Crippen molar-refractivity contribution in [3.8, 4) is 22.8 Å². The summed E-state index contributed by atoms with van der Waals surface area (Å²) < 4.78 is 15.7. The van der Waals surface area contributed by atoms with Crippen molar-refractivity contribution in [3.05, 3.63) is 54.1 Å². The minimum Gasteiger partial charge on any atom is -0.494 e. The molecular weight excluding hydrogens is 334 g/mol. The van der Waals surface area contributed by atoms with Crippen LogP contribution in [0.3, 0.4) is 0 Å². The first-order chi connectivity index (χ1) is 12.7. The largest absolute Gasteiger partial charge is 0.494 e. The van der Waals surface area contributed by atoms with Crippen molar-refractivity contribution in [2.45, 2.75) is 13.8 Å². The number of para-hydroxylation sites is 1. The Labute approximate surface area is 150 Å². The average Bonchev–Trinajstić information content (AvgIpc) is 3.11. The number of hydrogen-bond acceptors (Lipinski definition) is 6. The lowest BCUT2D eigenvalue weighted by Crippen LogP contribution is -2.14. The minimum absolute atomic E-state index is 0.241. The van der Waals surface area contributed by atoms with Crippen LogP contribution in [0.1, 0.15) is 24.2 Å². The molecule has 7 heteroatoms. The molecule has 0 aliphatic rings. The lowest BCUT2D eigenvalue weighted by Gasteiger charge is -2.09. The Morgan fingerprint density at radius 2 is 1.73 bits per heavy atom. The number of amides is 1. The normalized spacial score (nSPS) is 10.4. The Balaban J connectivity index is 1.82. The van der Waals surface area contributed by atoms with Crippen LogP contribution >= 0.6 is 0 Å². The van der Waals surface area contributed by atoms with Crippen molar-refractivity contribution in [3.63, 3.8) is 0 Å². The third-order valence-electron chi connectivity index (χ3n) is 3.59. The standard InChI is InChI=1S/C19H19N3O4/c1-3-24-14-11-9-13(10-12-14)17-18(22-26-21-17)20-19(23)15-7-5-6-8-16(15)25-4-2/h5-12H,3-4H2,1-2H3,(H,20,22,23). The zero-order valence-corrected chi connectivity index (χ0v) is 14.6. The fraction of sp³-hybridized carbons (Fsp3) is 0.211. The van der Waals surface area contributed by atoms with Gasteiger partial charge < -0.3 is 14.8 Å². The molecule has 1 N–H and O–H groups in total. The first-order valence-corrected chi connectivity index (χ1v) is 8.32. The molecule has 0 saturated heterocycles.